The van der Waals surface area contributed by atoms with Crippen LogP contribution in [-0.4, -0.2) is 33.3 Å². The van der Waals surface area contributed by atoms with Crippen LogP contribution in [0.2, 0.25) is 0 Å². The van der Waals surface area contributed by atoms with E-state index in [1.54, 1.807) is 5.57 Å². The Labute approximate surface area is 216 Å². The van der Waals surface area contributed by atoms with Crippen molar-refractivity contribution in [2.24, 2.45) is 23.2 Å². The van der Waals surface area contributed by atoms with E-state index in [1.165, 1.54) is 37.0 Å². The molecule has 0 spiro atoms. The summed E-state index contributed by atoms with van der Waals surface area (Å²) in [5.74, 6) is 3.09. The van der Waals surface area contributed by atoms with E-state index in [9.17, 15) is 15.3 Å². The lowest BCUT2D eigenvalue weighted by molar-refractivity contribution is 0.0784. The zero-order chi connectivity index (χ0) is 25.4. The maximum Gasteiger partial charge on any atom is 0.0840 e. The van der Waals surface area contributed by atoms with Crippen molar-refractivity contribution >= 4 is 11.8 Å². The maximum atomic E-state index is 10.4. The molecular weight excluding hydrogens is 452 g/mol. The van der Waals surface area contributed by atoms with E-state index in [4.69, 9.17) is 0 Å². The van der Waals surface area contributed by atoms with Gasteiger partial charge in [-0.25, -0.2) is 0 Å². The lowest BCUT2D eigenvalue weighted by atomic mass is 9.61. The van der Waals surface area contributed by atoms with Crippen LogP contribution in [0.15, 0.2) is 64.6 Å². The minimum absolute atomic E-state index is 0.345. The van der Waals surface area contributed by atoms with Crippen molar-refractivity contribution in [1.29, 1.82) is 0 Å². The largest absolute Gasteiger partial charge is 0.388 e. The highest BCUT2D eigenvalue weighted by Gasteiger charge is 2.50. The van der Waals surface area contributed by atoms with Crippen LogP contribution in [0.25, 0.3) is 0 Å². The SMILES string of the molecule is C=C1[C@H](O)CC(=CC=C2CCCC3(C)C2CCC3[C@@H](C)CSc2cccc(C(C)(C)O)c2)C[C@H]1O. The Morgan fingerprint density at radius 1 is 1.17 bits per heavy atom. The molecule has 0 saturated heterocycles. The van der Waals surface area contributed by atoms with Crippen molar-refractivity contribution in [3.05, 3.63) is 65.3 Å². The molecule has 3 unspecified atom stereocenters. The van der Waals surface area contributed by atoms with Crippen molar-refractivity contribution in [2.45, 2.75) is 95.3 Å². The van der Waals surface area contributed by atoms with Crippen LogP contribution in [-0.2, 0) is 5.60 Å². The Kier molecular flexibility index (Phi) is 8.07. The molecule has 0 aliphatic heterocycles. The van der Waals surface area contributed by atoms with Gasteiger partial charge >= 0.3 is 0 Å². The molecule has 3 fully saturated rings. The minimum Gasteiger partial charge on any atom is -0.388 e. The van der Waals surface area contributed by atoms with Crippen molar-refractivity contribution in [1.82, 2.24) is 0 Å². The second-order valence-corrected chi connectivity index (χ2v) is 13.1. The highest BCUT2D eigenvalue weighted by Crippen LogP contribution is 2.59. The topological polar surface area (TPSA) is 60.7 Å². The van der Waals surface area contributed by atoms with Crippen LogP contribution in [0.5, 0.6) is 0 Å². The standard InChI is InChI=1S/C31H44O3S/c1-20(19-35-25-10-6-9-24(18-25)30(3,4)34)26-13-14-27-23(8-7-15-31(26,27)5)12-11-22-16-28(32)21(2)29(33)17-22/h6,9-12,18,20,26-29,32-34H,2,7-8,13-17,19H2,1,3-5H3/t20-,26?,27?,28+,29+,31?/m0/s1. The van der Waals surface area contributed by atoms with Gasteiger partial charge in [-0.15, -0.1) is 11.8 Å². The van der Waals surface area contributed by atoms with Crippen molar-refractivity contribution in [3.8, 4) is 0 Å². The third-order valence-electron chi connectivity index (χ3n) is 9.08. The zero-order valence-corrected chi connectivity index (χ0v) is 22.8. The second-order valence-electron chi connectivity index (χ2n) is 12.1. The normalized spacial score (nSPS) is 33.6. The van der Waals surface area contributed by atoms with Gasteiger partial charge in [-0.05, 0) is 105 Å². The van der Waals surface area contributed by atoms with E-state index in [2.05, 4.69) is 50.8 Å². The Bertz CT molecular complexity index is 971. The summed E-state index contributed by atoms with van der Waals surface area (Å²) < 4.78 is 0. The Morgan fingerprint density at radius 2 is 1.89 bits per heavy atom. The molecule has 0 aromatic heterocycles. The highest BCUT2D eigenvalue weighted by molar-refractivity contribution is 7.99. The minimum atomic E-state index is -0.809. The van der Waals surface area contributed by atoms with E-state index in [-0.39, 0.29) is 0 Å². The summed E-state index contributed by atoms with van der Waals surface area (Å²) >= 11 is 1.92. The first-order chi connectivity index (χ1) is 16.5. The summed E-state index contributed by atoms with van der Waals surface area (Å²) in [4.78, 5) is 1.24. The molecule has 0 bridgehead atoms. The number of allylic oxidation sites excluding steroid dienone is 3. The number of fused-ring (bicyclic) bond motifs is 1. The monoisotopic (exact) mass is 496 g/mol. The van der Waals surface area contributed by atoms with Crippen LogP contribution < -0.4 is 0 Å². The summed E-state index contributed by atoms with van der Waals surface area (Å²) in [5.41, 5.74) is 3.76. The van der Waals surface area contributed by atoms with Gasteiger partial charge in [0.25, 0.3) is 0 Å². The lowest BCUT2D eigenvalue weighted by Gasteiger charge is -2.44. The average Bonchev–Trinajstić information content (AvgIpc) is 3.16. The van der Waals surface area contributed by atoms with E-state index in [0.29, 0.717) is 35.7 Å². The first-order valence-electron chi connectivity index (χ1n) is 13.4. The average molecular weight is 497 g/mol. The number of aliphatic hydroxyl groups is 3. The van der Waals surface area contributed by atoms with Gasteiger partial charge < -0.3 is 15.3 Å². The second kappa shape index (κ2) is 10.6. The smallest absolute Gasteiger partial charge is 0.0840 e. The van der Waals surface area contributed by atoms with Crippen molar-refractivity contribution in [2.75, 3.05) is 5.75 Å². The van der Waals surface area contributed by atoms with Crippen molar-refractivity contribution in [3.63, 3.8) is 0 Å². The van der Waals surface area contributed by atoms with E-state index in [0.717, 1.165) is 22.8 Å². The fourth-order valence-corrected chi connectivity index (χ4v) is 8.02. The van der Waals surface area contributed by atoms with Gasteiger partial charge in [-0.2, -0.15) is 0 Å². The highest BCUT2D eigenvalue weighted by atomic mass is 32.2. The number of hydrogen-bond donors (Lipinski definition) is 3. The quantitative estimate of drug-likeness (QED) is 0.300. The third-order valence-corrected chi connectivity index (χ3v) is 10.4. The van der Waals surface area contributed by atoms with Gasteiger partial charge in [0.05, 0.1) is 17.8 Å². The molecule has 3 saturated carbocycles. The Hall–Kier alpha value is -1.33. The van der Waals surface area contributed by atoms with E-state index >= 15 is 0 Å². The maximum absolute atomic E-state index is 10.4. The van der Waals surface area contributed by atoms with Gasteiger partial charge in [0.1, 0.15) is 0 Å². The molecule has 3 aliphatic carbocycles. The molecule has 0 radical (unpaired) electrons. The first-order valence-corrected chi connectivity index (χ1v) is 14.4. The molecule has 0 heterocycles. The lowest BCUT2D eigenvalue weighted by Crippen LogP contribution is -2.36. The molecule has 3 aliphatic rings. The molecule has 35 heavy (non-hydrogen) atoms. The molecular formula is C31H44O3S. The van der Waals surface area contributed by atoms with Gasteiger partial charge in [0, 0.05) is 10.6 Å². The molecule has 1 aromatic rings. The molecule has 6 atom stereocenters. The fraction of sp³-hybridized carbons (Fsp3) is 0.613. The molecule has 4 heteroatoms. The predicted molar refractivity (Wildman–Crippen MR) is 146 cm³/mol. The van der Waals surface area contributed by atoms with Gasteiger partial charge in [0.15, 0.2) is 0 Å². The molecule has 3 N–H and O–H groups in total. The predicted octanol–water partition coefficient (Wildman–Crippen LogP) is 6.78. The molecule has 0 amide bonds. The van der Waals surface area contributed by atoms with Crippen LogP contribution in [0.1, 0.15) is 78.2 Å². The van der Waals surface area contributed by atoms with E-state index < -0.39 is 17.8 Å². The Balaban J connectivity index is 1.43. The molecule has 192 valence electrons. The van der Waals surface area contributed by atoms with Crippen LogP contribution in [0, 0.1) is 23.2 Å². The van der Waals surface area contributed by atoms with Gasteiger partial charge in [-0.3, -0.25) is 0 Å². The van der Waals surface area contributed by atoms with Crippen LogP contribution in [0.4, 0.5) is 0 Å². The summed E-state index contributed by atoms with van der Waals surface area (Å²) in [6.07, 6.45) is 10.7. The number of benzene rings is 1. The van der Waals surface area contributed by atoms with Crippen LogP contribution in [0.3, 0.4) is 0 Å². The number of aliphatic hydroxyl groups excluding tert-OH is 2. The summed E-state index contributed by atoms with van der Waals surface area (Å²) in [6, 6.07) is 8.36. The van der Waals surface area contributed by atoms with Crippen molar-refractivity contribution < 1.29 is 15.3 Å². The third kappa shape index (κ3) is 5.82. The first kappa shape index (κ1) is 26.7. The Morgan fingerprint density at radius 3 is 2.57 bits per heavy atom. The molecule has 4 rings (SSSR count). The fourth-order valence-electron chi connectivity index (χ4n) is 6.95. The summed E-state index contributed by atoms with van der Waals surface area (Å²) in [7, 11) is 0. The number of hydrogen-bond acceptors (Lipinski definition) is 4. The van der Waals surface area contributed by atoms with Gasteiger partial charge in [0.2, 0.25) is 0 Å². The summed E-state index contributed by atoms with van der Waals surface area (Å²) in [6.45, 7) is 12.5. The molecule has 3 nitrogen and oxygen atoms in total. The zero-order valence-electron chi connectivity index (χ0n) is 22.0. The summed E-state index contributed by atoms with van der Waals surface area (Å²) in [5, 5.41) is 30.8. The van der Waals surface area contributed by atoms with Gasteiger partial charge in [-0.1, -0.05) is 55.9 Å². The molecule has 1 aromatic carbocycles. The van der Waals surface area contributed by atoms with Crippen LogP contribution >= 0.6 is 11.8 Å². The number of thioether (sulfide) groups is 1. The van der Waals surface area contributed by atoms with E-state index in [1.807, 2.05) is 31.7 Å². The number of rotatable bonds is 6.